The summed E-state index contributed by atoms with van der Waals surface area (Å²) in [5.41, 5.74) is -0.258. The van der Waals surface area contributed by atoms with Crippen LogP contribution in [0, 0.1) is 5.82 Å². The highest BCUT2D eigenvalue weighted by molar-refractivity contribution is 6.07. The summed E-state index contributed by atoms with van der Waals surface area (Å²) < 4.78 is 24.9. The van der Waals surface area contributed by atoms with E-state index in [1.165, 1.54) is 19.4 Å². The Bertz CT molecular complexity index is 1260. The fourth-order valence-electron chi connectivity index (χ4n) is 4.05. The molecule has 158 valence electrons. The van der Waals surface area contributed by atoms with Crippen molar-refractivity contribution in [3.8, 4) is 5.75 Å². The molecule has 1 aromatic carbocycles. The molecular weight excluding hydrogens is 407 g/mol. The molecule has 5 rings (SSSR count). The van der Waals surface area contributed by atoms with Crippen molar-refractivity contribution in [3.05, 3.63) is 59.4 Å². The molecule has 0 aliphatic carbocycles. The molecule has 9 nitrogen and oxygen atoms in total. The first-order valence-electron chi connectivity index (χ1n) is 9.54. The molecule has 0 unspecified atom stereocenters. The fourth-order valence-corrected chi connectivity index (χ4v) is 4.05. The Kier molecular flexibility index (Phi) is 4.17. The van der Waals surface area contributed by atoms with Crippen molar-refractivity contribution >= 4 is 28.8 Å². The lowest BCUT2D eigenvalue weighted by Gasteiger charge is -2.26. The van der Waals surface area contributed by atoms with Crippen LogP contribution in [0.5, 0.6) is 5.75 Å². The molecule has 0 saturated carbocycles. The normalized spacial score (nSPS) is 20.2. The number of rotatable bonds is 5. The van der Waals surface area contributed by atoms with E-state index in [1.807, 2.05) is 6.07 Å². The summed E-state index contributed by atoms with van der Waals surface area (Å²) in [7, 11) is 1.52. The number of nitrogens with one attached hydrogen (secondary N) is 2. The van der Waals surface area contributed by atoms with E-state index < -0.39 is 23.3 Å². The maximum atomic E-state index is 14.1. The summed E-state index contributed by atoms with van der Waals surface area (Å²) in [6.07, 6.45) is 2.45. The second kappa shape index (κ2) is 6.79. The van der Waals surface area contributed by atoms with Crippen molar-refractivity contribution in [2.24, 2.45) is 0 Å². The van der Waals surface area contributed by atoms with Crippen LogP contribution >= 0.6 is 0 Å². The maximum absolute atomic E-state index is 14.1. The molecular formula is C21H17FN4O5. The van der Waals surface area contributed by atoms with Crippen LogP contribution in [0.25, 0.3) is 11.0 Å². The summed E-state index contributed by atoms with van der Waals surface area (Å²) in [6, 6.07) is 6.05. The van der Waals surface area contributed by atoms with Crippen molar-refractivity contribution in [1.29, 1.82) is 0 Å². The number of carbonyl (C=O) groups excluding carboxylic acids is 3. The van der Waals surface area contributed by atoms with Crippen LogP contribution in [0.2, 0.25) is 0 Å². The highest BCUT2D eigenvalue weighted by Gasteiger charge is 2.50. The SMILES string of the molecule is COc1ccc2c(c1)C(=O)N(CC[C@@]1(c3cc4cncc(F)c4o3)NC(=O)NC1=O)C2. The summed E-state index contributed by atoms with van der Waals surface area (Å²) in [5.74, 6) is -0.860. The number of hydrogen-bond donors (Lipinski definition) is 2. The average molecular weight is 424 g/mol. The van der Waals surface area contributed by atoms with Crippen molar-refractivity contribution in [2.45, 2.75) is 18.5 Å². The third-order valence-electron chi connectivity index (χ3n) is 5.69. The lowest BCUT2D eigenvalue weighted by Crippen LogP contribution is -2.46. The number of imide groups is 1. The Hall–Kier alpha value is -3.95. The number of benzene rings is 1. The summed E-state index contributed by atoms with van der Waals surface area (Å²) in [4.78, 5) is 42.9. The molecule has 4 heterocycles. The molecule has 3 aromatic rings. The highest BCUT2D eigenvalue weighted by Crippen LogP contribution is 2.35. The molecule has 10 heteroatoms. The number of aromatic nitrogens is 1. The Morgan fingerprint density at radius 2 is 2.10 bits per heavy atom. The highest BCUT2D eigenvalue weighted by atomic mass is 19.1. The zero-order chi connectivity index (χ0) is 21.8. The molecule has 1 fully saturated rings. The number of nitrogens with zero attached hydrogens (tertiary/aromatic N) is 2. The molecule has 1 atom stereocenters. The lowest BCUT2D eigenvalue weighted by molar-refractivity contribution is -0.125. The molecule has 0 radical (unpaired) electrons. The first-order chi connectivity index (χ1) is 14.9. The van der Waals surface area contributed by atoms with Gasteiger partial charge in [-0.15, -0.1) is 0 Å². The summed E-state index contributed by atoms with van der Waals surface area (Å²) in [6.45, 7) is 0.518. The third kappa shape index (κ3) is 2.90. The number of ether oxygens (including phenoxy) is 1. The Morgan fingerprint density at radius 3 is 2.81 bits per heavy atom. The van der Waals surface area contributed by atoms with E-state index >= 15 is 0 Å². The van der Waals surface area contributed by atoms with E-state index in [9.17, 15) is 18.8 Å². The van der Waals surface area contributed by atoms with Gasteiger partial charge >= 0.3 is 6.03 Å². The largest absolute Gasteiger partial charge is 0.497 e. The number of hydrogen-bond acceptors (Lipinski definition) is 6. The van der Waals surface area contributed by atoms with E-state index in [2.05, 4.69) is 15.6 Å². The molecule has 0 bridgehead atoms. The quantitative estimate of drug-likeness (QED) is 0.606. The molecule has 2 N–H and O–H groups in total. The van der Waals surface area contributed by atoms with Gasteiger partial charge in [-0.25, -0.2) is 9.18 Å². The molecule has 2 aromatic heterocycles. The van der Waals surface area contributed by atoms with Gasteiger partial charge in [-0.3, -0.25) is 19.9 Å². The minimum absolute atomic E-state index is 0.0380. The number of halogens is 1. The molecule has 1 saturated heterocycles. The van der Waals surface area contributed by atoms with E-state index in [1.54, 1.807) is 17.0 Å². The van der Waals surface area contributed by atoms with E-state index in [4.69, 9.17) is 9.15 Å². The first-order valence-corrected chi connectivity index (χ1v) is 9.54. The van der Waals surface area contributed by atoms with Crippen molar-refractivity contribution in [3.63, 3.8) is 0 Å². The van der Waals surface area contributed by atoms with Crippen LogP contribution in [0.15, 0.2) is 41.1 Å². The predicted octanol–water partition coefficient (Wildman–Crippen LogP) is 2.06. The van der Waals surface area contributed by atoms with Crippen LogP contribution in [0.3, 0.4) is 0 Å². The van der Waals surface area contributed by atoms with Crippen molar-refractivity contribution < 1.29 is 27.9 Å². The summed E-state index contributed by atoms with van der Waals surface area (Å²) >= 11 is 0. The van der Waals surface area contributed by atoms with Gasteiger partial charge in [0.2, 0.25) is 0 Å². The third-order valence-corrected chi connectivity index (χ3v) is 5.69. The topological polar surface area (TPSA) is 114 Å². The van der Waals surface area contributed by atoms with Crippen LogP contribution in [0.4, 0.5) is 9.18 Å². The zero-order valence-corrected chi connectivity index (χ0v) is 16.4. The summed E-state index contributed by atoms with van der Waals surface area (Å²) in [5, 5.41) is 5.16. The molecule has 2 aliphatic rings. The van der Waals surface area contributed by atoms with Gasteiger partial charge in [-0.1, -0.05) is 6.07 Å². The van der Waals surface area contributed by atoms with Crippen LogP contribution in [0.1, 0.15) is 28.1 Å². The Balaban J connectivity index is 1.45. The van der Waals surface area contributed by atoms with Crippen LogP contribution in [-0.2, 0) is 16.9 Å². The Labute approximate surface area is 175 Å². The van der Waals surface area contributed by atoms with Gasteiger partial charge in [-0.05, 0) is 23.8 Å². The van der Waals surface area contributed by atoms with Gasteiger partial charge in [0, 0.05) is 36.7 Å². The second-order valence-electron chi connectivity index (χ2n) is 7.46. The van der Waals surface area contributed by atoms with Gasteiger partial charge in [0.15, 0.2) is 16.9 Å². The van der Waals surface area contributed by atoms with Crippen molar-refractivity contribution in [1.82, 2.24) is 20.5 Å². The lowest BCUT2D eigenvalue weighted by atomic mass is 9.91. The number of urea groups is 1. The van der Waals surface area contributed by atoms with Gasteiger partial charge in [0.05, 0.1) is 13.3 Å². The average Bonchev–Trinajstić information content (AvgIpc) is 3.41. The standard InChI is InChI=1S/C21H17FN4O5/c1-30-13-3-2-11-10-26(18(27)14(11)7-13)5-4-21(19(28)24-20(29)25-21)16-6-12-8-23-9-15(22)17(12)31-16/h2-3,6-9H,4-5,10H2,1H3,(H2,24,25,28,29)/t21-/m0/s1. The van der Waals surface area contributed by atoms with E-state index in [-0.39, 0.29) is 30.2 Å². The van der Waals surface area contributed by atoms with Crippen LogP contribution in [-0.4, -0.2) is 41.4 Å². The number of methoxy groups -OCH3 is 1. The number of furan rings is 1. The molecule has 0 spiro atoms. The van der Waals surface area contributed by atoms with Gasteiger partial charge in [0.25, 0.3) is 11.8 Å². The van der Waals surface area contributed by atoms with E-state index in [0.29, 0.717) is 23.2 Å². The zero-order valence-electron chi connectivity index (χ0n) is 16.4. The molecule has 4 amide bonds. The second-order valence-corrected chi connectivity index (χ2v) is 7.46. The first kappa shape index (κ1) is 19.0. The monoisotopic (exact) mass is 424 g/mol. The number of pyridine rings is 1. The fraction of sp³-hybridized carbons (Fsp3) is 0.238. The smallest absolute Gasteiger partial charge is 0.322 e. The maximum Gasteiger partial charge on any atom is 0.322 e. The minimum Gasteiger partial charge on any atom is -0.497 e. The number of amides is 4. The molecule has 2 aliphatic heterocycles. The van der Waals surface area contributed by atoms with Crippen molar-refractivity contribution in [2.75, 3.05) is 13.7 Å². The number of carbonyl (C=O) groups is 3. The predicted molar refractivity (Wildman–Crippen MR) is 105 cm³/mol. The van der Waals surface area contributed by atoms with E-state index in [0.717, 1.165) is 11.8 Å². The van der Waals surface area contributed by atoms with Crippen LogP contribution < -0.4 is 15.4 Å². The Morgan fingerprint density at radius 1 is 1.26 bits per heavy atom. The number of fused-ring (bicyclic) bond motifs is 2. The molecule has 31 heavy (non-hydrogen) atoms. The van der Waals surface area contributed by atoms with Gasteiger partial charge in [0.1, 0.15) is 11.5 Å². The minimum atomic E-state index is -1.57. The van der Waals surface area contributed by atoms with Gasteiger partial charge < -0.3 is 19.4 Å². The van der Waals surface area contributed by atoms with Gasteiger partial charge in [-0.2, -0.15) is 0 Å².